The van der Waals surface area contributed by atoms with Crippen molar-refractivity contribution in [2.24, 2.45) is 10.7 Å². The molecule has 1 fully saturated rings. The first-order valence-electron chi connectivity index (χ1n) is 12.2. The van der Waals surface area contributed by atoms with Gasteiger partial charge in [0.15, 0.2) is 0 Å². The van der Waals surface area contributed by atoms with Crippen LogP contribution >= 0.6 is 0 Å². The van der Waals surface area contributed by atoms with E-state index < -0.39 is 0 Å². The standard InChI is InChI=1S/C27H28N6O3/c1-16(2)35-24-9-7-17(12-19(24)13-28)26-31-25(32-36-26)23-5-3-4-21-18(6-8-22(21)23)14-30-27(34)33-11-10-20(29)15-33/h3-5,7,9,12,14,16,18,20H,6,8,10-11,15,29H2,1-2H3/b30-14+/t18?,20-/m0/s1. The number of nitrogens with two attached hydrogens (primary N) is 1. The predicted octanol–water partition coefficient (Wildman–Crippen LogP) is 4.32. The number of carbonyl (C=O) groups is 1. The monoisotopic (exact) mass is 484 g/mol. The number of nitrogens with zero attached hydrogens (tertiary/aromatic N) is 5. The summed E-state index contributed by atoms with van der Waals surface area (Å²) in [4.78, 5) is 23.0. The third-order valence-corrected chi connectivity index (χ3v) is 6.55. The summed E-state index contributed by atoms with van der Waals surface area (Å²) in [7, 11) is 0. The number of aliphatic imine (C=N–C) groups is 1. The number of carbonyl (C=O) groups excluding carboxylic acids is 1. The third-order valence-electron chi connectivity index (χ3n) is 6.55. The molecule has 0 bridgehead atoms. The SMILES string of the molecule is CC(C)Oc1ccc(-c2nc(-c3cccc4c3CCC4/C=N/C(=O)N3CC[C@H](N)C3)no2)cc1C#N. The molecule has 2 aromatic carbocycles. The molecular weight excluding hydrogens is 456 g/mol. The Labute approximate surface area is 209 Å². The number of ether oxygens (including phenoxy) is 1. The van der Waals surface area contributed by atoms with Gasteiger partial charge >= 0.3 is 6.03 Å². The highest BCUT2D eigenvalue weighted by Crippen LogP contribution is 2.38. The average molecular weight is 485 g/mol. The Kier molecular flexibility index (Phi) is 6.53. The molecule has 5 rings (SSSR count). The number of fused-ring (bicyclic) bond motifs is 1. The molecule has 2 heterocycles. The summed E-state index contributed by atoms with van der Waals surface area (Å²) in [6, 6.07) is 13.2. The van der Waals surface area contributed by atoms with Crippen molar-refractivity contribution in [1.29, 1.82) is 5.26 Å². The predicted molar refractivity (Wildman–Crippen MR) is 135 cm³/mol. The van der Waals surface area contributed by atoms with Crippen molar-refractivity contribution in [3.8, 4) is 34.7 Å². The van der Waals surface area contributed by atoms with Crippen molar-refractivity contribution in [1.82, 2.24) is 15.0 Å². The van der Waals surface area contributed by atoms with E-state index in [9.17, 15) is 10.1 Å². The fourth-order valence-corrected chi connectivity index (χ4v) is 4.80. The second-order valence-corrected chi connectivity index (χ2v) is 9.49. The molecule has 36 heavy (non-hydrogen) atoms. The molecule has 0 radical (unpaired) electrons. The fourth-order valence-electron chi connectivity index (χ4n) is 4.80. The molecule has 0 saturated carbocycles. The lowest BCUT2D eigenvalue weighted by molar-refractivity contribution is 0.218. The minimum Gasteiger partial charge on any atom is -0.490 e. The number of rotatable bonds is 5. The summed E-state index contributed by atoms with van der Waals surface area (Å²) in [6.07, 6.45) is 4.22. The average Bonchev–Trinajstić information content (AvgIpc) is 3.62. The normalized spacial score (nSPS) is 19.1. The highest BCUT2D eigenvalue weighted by molar-refractivity contribution is 5.87. The van der Waals surface area contributed by atoms with E-state index in [4.69, 9.17) is 15.0 Å². The lowest BCUT2D eigenvalue weighted by Crippen LogP contribution is -2.30. The Bertz CT molecular complexity index is 1360. The Balaban J connectivity index is 1.36. The van der Waals surface area contributed by atoms with E-state index in [-0.39, 0.29) is 24.1 Å². The van der Waals surface area contributed by atoms with E-state index >= 15 is 0 Å². The van der Waals surface area contributed by atoms with Gasteiger partial charge in [-0.15, -0.1) is 0 Å². The molecule has 9 nitrogen and oxygen atoms in total. The lowest BCUT2D eigenvalue weighted by atomic mass is 9.99. The largest absolute Gasteiger partial charge is 0.490 e. The van der Waals surface area contributed by atoms with Gasteiger partial charge in [0.1, 0.15) is 11.8 Å². The smallest absolute Gasteiger partial charge is 0.343 e. The van der Waals surface area contributed by atoms with Crippen LogP contribution in [-0.4, -0.2) is 52.5 Å². The number of hydrogen-bond donors (Lipinski definition) is 1. The molecule has 1 aromatic heterocycles. The third kappa shape index (κ3) is 4.72. The maximum absolute atomic E-state index is 12.4. The van der Waals surface area contributed by atoms with Gasteiger partial charge in [-0.05, 0) is 62.4 Å². The van der Waals surface area contributed by atoms with Gasteiger partial charge in [0.2, 0.25) is 5.82 Å². The number of benzene rings is 2. The van der Waals surface area contributed by atoms with Crippen LogP contribution in [0.25, 0.3) is 22.8 Å². The second kappa shape index (κ2) is 9.91. The van der Waals surface area contributed by atoms with Crippen LogP contribution in [0.3, 0.4) is 0 Å². The molecule has 1 saturated heterocycles. The number of amides is 2. The van der Waals surface area contributed by atoms with E-state index in [1.807, 2.05) is 32.0 Å². The van der Waals surface area contributed by atoms with Crippen molar-refractivity contribution in [2.45, 2.75) is 51.2 Å². The van der Waals surface area contributed by atoms with Crippen molar-refractivity contribution in [2.75, 3.05) is 13.1 Å². The van der Waals surface area contributed by atoms with Gasteiger partial charge in [0, 0.05) is 42.4 Å². The van der Waals surface area contributed by atoms with Gasteiger partial charge in [-0.3, -0.25) is 0 Å². The molecule has 3 aromatic rings. The first-order chi connectivity index (χ1) is 17.4. The summed E-state index contributed by atoms with van der Waals surface area (Å²) >= 11 is 0. The molecule has 184 valence electrons. The molecule has 1 aliphatic carbocycles. The van der Waals surface area contributed by atoms with Crippen LogP contribution in [0.1, 0.15) is 49.3 Å². The number of hydrogen-bond acceptors (Lipinski definition) is 7. The van der Waals surface area contributed by atoms with Crippen LogP contribution in [-0.2, 0) is 6.42 Å². The summed E-state index contributed by atoms with van der Waals surface area (Å²) in [5.41, 5.74) is 10.1. The van der Waals surface area contributed by atoms with E-state index in [1.165, 1.54) is 0 Å². The Morgan fingerprint density at radius 2 is 2.19 bits per heavy atom. The molecule has 2 atom stereocenters. The highest BCUT2D eigenvalue weighted by atomic mass is 16.5. The quantitative estimate of drug-likeness (QED) is 0.534. The van der Waals surface area contributed by atoms with Crippen LogP contribution in [0.5, 0.6) is 5.75 Å². The fraction of sp³-hybridized carbons (Fsp3) is 0.370. The van der Waals surface area contributed by atoms with E-state index in [2.05, 4.69) is 27.3 Å². The van der Waals surface area contributed by atoms with Gasteiger partial charge in [0.25, 0.3) is 5.89 Å². The number of urea groups is 1. The topological polar surface area (TPSA) is 131 Å². The van der Waals surface area contributed by atoms with Gasteiger partial charge in [-0.2, -0.15) is 10.2 Å². The summed E-state index contributed by atoms with van der Waals surface area (Å²) < 4.78 is 11.3. The van der Waals surface area contributed by atoms with Crippen molar-refractivity contribution >= 4 is 12.2 Å². The van der Waals surface area contributed by atoms with Gasteiger partial charge in [0.05, 0.1) is 11.7 Å². The Morgan fingerprint density at radius 3 is 2.94 bits per heavy atom. The molecule has 2 aliphatic rings. The summed E-state index contributed by atoms with van der Waals surface area (Å²) in [5.74, 6) is 1.40. The van der Waals surface area contributed by atoms with Crippen molar-refractivity contribution in [3.63, 3.8) is 0 Å². The van der Waals surface area contributed by atoms with Gasteiger partial charge < -0.3 is 19.9 Å². The molecule has 1 unspecified atom stereocenters. The summed E-state index contributed by atoms with van der Waals surface area (Å²) in [6.45, 7) is 5.04. The Hall–Kier alpha value is -4.03. The van der Waals surface area contributed by atoms with Crippen molar-refractivity contribution < 1.29 is 14.1 Å². The second-order valence-electron chi connectivity index (χ2n) is 9.49. The highest BCUT2D eigenvalue weighted by Gasteiger charge is 2.27. The first kappa shape index (κ1) is 23.7. The lowest BCUT2D eigenvalue weighted by Gasteiger charge is -2.12. The minimum absolute atomic E-state index is 0.0383. The minimum atomic E-state index is -0.225. The van der Waals surface area contributed by atoms with Crippen LogP contribution in [0.15, 0.2) is 45.9 Å². The zero-order valence-electron chi connectivity index (χ0n) is 20.3. The number of aromatic nitrogens is 2. The Morgan fingerprint density at radius 1 is 1.33 bits per heavy atom. The van der Waals surface area contributed by atoms with Crippen LogP contribution in [0.4, 0.5) is 4.79 Å². The maximum atomic E-state index is 12.4. The molecule has 2 amide bonds. The van der Waals surface area contributed by atoms with E-state index in [1.54, 1.807) is 23.2 Å². The van der Waals surface area contributed by atoms with Crippen LogP contribution in [0.2, 0.25) is 0 Å². The zero-order valence-corrected chi connectivity index (χ0v) is 20.3. The zero-order chi connectivity index (χ0) is 25.2. The van der Waals surface area contributed by atoms with Crippen LogP contribution < -0.4 is 10.5 Å². The van der Waals surface area contributed by atoms with Gasteiger partial charge in [-0.25, -0.2) is 9.79 Å². The van der Waals surface area contributed by atoms with Crippen molar-refractivity contribution in [3.05, 3.63) is 53.1 Å². The number of likely N-dealkylation sites (tertiary alicyclic amines) is 1. The molecule has 2 N–H and O–H groups in total. The van der Waals surface area contributed by atoms with E-state index in [0.717, 1.165) is 36.0 Å². The first-order valence-corrected chi connectivity index (χ1v) is 12.2. The van der Waals surface area contributed by atoms with Crippen LogP contribution in [0, 0.1) is 11.3 Å². The van der Waals surface area contributed by atoms with E-state index in [0.29, 0.717) is 41.7 Å². The molecule has 9 heteroatoms. The maximum Gasteiger partial charge on any atom is 0.343 e. The van der Waals surface area contributed by atoms with Gasteiger partial charge in [-0.1, -0.05) is 23.4 Å². The molecular formula is C27H28N6O3. The molecule has 1 aliphatic heterocycles. The molecule has 0 spiro atoms. The number of nitriles is 1. The summed E-state index contributed by atoms with van der Waals surface area (Å²) in [5, 5.41) is 13.7.